The van der Waals surface area contributed by atoms with Gasteiger partial charge in [-0.1, -0.05) is 36.4 Å². The SMILES string of the molecule is COC(=O)/N=C(/NC(=O)OC)Nc1ccc([S+]([O-])c2ccccc2)cc1NC(=O)COc1ccccc1. The van der Waals surface area contributed by atoms with E-state index >= 15 is 0 Å². The van der Waals surface area contributed by atoms with Crippen LogP contribution in [0.4, 0.5) is 21.0 Å². The van der Waals surface area contributed by atoms with Gasteiger partial charge < -0.3 is 29.4 Å². The highest BCUT2D eigenvalue weighted by molar-refractivity contribution is 7.91. The Morgan fingerprint density at radius 2 is 1.51 bits per heavy atom. The second-order valence-electron chi connectivity index (χ2n) is 7.11. The number of amides is 3. The van der Waals surface area contributed by atoms with Crippen molar-refractivity contribution >= 4 is 46.6 Å². The Morgan fingerprint density at radius 1 is 0.838 bits per heavy atom. The molecule has 3 rings (SSSR count). The Kier molecular flexibility index (Phi) is 9.88. The van der Waals surface area contributed by atoms with Crippen molar-refractivity contribution in [3.63, 3.8) is 0 Å². The number of benzene rings is 3. The van der Waals surface area contributed by atoms with Crippen LogP contribution in [0.3, 0.4) is 0 Å². The Labute approximate surface area is 216 Å². The monoisotopic (exact) mass is 524 g/mol. The Balaban J connectivity index is 1.90. The average molecular weight is 525 g/mol. The van der Waals surface area contributed by atoms with Gasteiger partial charge in [0, 0.05) is 17.2 Å². The predicted molar refractivity (Wildman–Crippen MR) is 137 cm³/mol. The van der Waals surface area contributed by atoms with Crippen LogP contribution >= 0.6 is 0 Å². The maximum Gasteiger partial charge on any atom is 0.436 e. The van der Waals surface area contributed by atoms with Gasteiger partial charge in [0.05, 0.1) is 25.6 Å². The van der Waals surface area contributed by atoms with Crippen LogP contribution in [0.2, 0.25) is 0 Å². The molecule has 1 unspecified atom stereocenters. The van der Waals surface area contributed by atoms with Gasteiger partial charge in [-0.05, 0) is 36.4 Å². The van der Waals surface area contributed by atoms with Crippen LogP contribution in [-0.2, 0) is 25.4 Å². The molecular weight excluding hydrogens is 500 g/mol. The lowest BCUT2D eigenvalue weighted by Gasteiger charge is -2.17. The van der Waals surface area contributed by atoms with Crippen molar-refractivity contribution in [2.45, 2.75) is 9.79 Å². The number of carbonyl (C=O) groups is 3. The third kappa shape index (κ3) is 8.26. The maximum atomic E-state index is 13.1. The van der Waals surface area contributed by atoms with E-state index < -0.39 is 29.3 Å². The molecule has 0 aliphatic carbocycles. The minimum Gasteiger partial charge on any atom is -0.606 e. The molecule has 37 heavy (non-hydrogen) atoms. The zero-order valence-corrected chi connectivity index (χ0v) is 20.7. The fourth-order valence-electron chi connectivity index (χ4n) is 2.88. The first-order valence-corrected chi connectivity index (χ1v) is 11.9. The van der Waals surface area contributed by atoms with E-state index in [4.69, 9.17) is 4.74 Å². The van der Waals surface area contributed by atoms with Gasteiger partial charge in [-0.15, -0.1) is 4.99 Å². The van der Waals surface area contributed by atoms with Crippen LogP contribution in [0, 0.1) is 0 Å². The summed E-state index contributed by atoms with van der Waals surface area (Å²) in [5.74, 6) is -0.335. The number of hydrogen-bond donors (Lipinski definition) is 3. The van der Waals surface area contributed by atoms with Crippen LogP contribution in [0.1, 0.15) is 0 Å². The van der Waals surface area contributed by atoms with Crippen LogP contribution in [0.25, 0.3) is 0 Å². The molecule has 0 saturated carbocycles. The van der Waals surface area contributed by atoms with E-state index in [0.717, 1.165) is 14.2 Å². The van der Waals surface area contributed by atoms with Crippen molar-refractivity contribution in [1.82, 2.24) is 5.32 Å². The molecule has 12 heteroatoms. The van der Waals surface area contributed by atoms with E-state index in [1.807, 2.05) is 12.1 Å². The number of methoxy groups -OCH3 is 2. The number of nitrogens with zero attached hydrogens (tertiary/aromatic N) is 1. The van der Waals surface area contributed by atoms with E-state index in [9.17, 15) is 18.9 Å². The minimum absolute atomic E-state index is 0.188. The largest absolute Gasteiger partial charge is 0.606 e. The lowest BCUT2D eigenvalue weighted by atomic mass is 10.2. The summed E-state index contributed by atoms with van der Waals surface area (Å²) in [6, 6.07) is 22.1. The smallest absolute Gasteiger partial charge is 0.436 e. The quantitative estimate of drug-likeness (QED) is 0.240. The van der Waals surface area contributed by atoms with Crippen LogP contribution in [-0.4, -0.2) is 49.4 Å². The predicted octanol–water partition coefficient (Wildman–Crippen LogP) is 3.76. The summed E-state index contributed by atoms with van der Waals surface area (Å²) in [5, 5.41) is 7.69. The number of ether oxygens (including phenoxy) is 3. The topological polar surface area (TPSA) is 150 Å². The van der Waals surface area contributed by atoms with Crippen LogP contribution < -0.4 is 20.7 Å². The van der Waals surface area contributed by atoms with Crippen molar-refractivity contribution in [1.29, 1.82) is 0 Å². The Morgan fingerprint density at radius 3 is 2.16 bits per heavy atom. The van der Waals surface area contributed by atoms with E-state index in [-0.39, 0.29) is 23.9 Å². The van der Waals surface area contributed by atoms with Crippen LogP contribution in [0.5, 0.6) is 5.75 Å². The maximum absolute atomic E-state index is 13.1. The molecule has 0 radical (unpaired) electrons. The molecule has 0 aliphatic heterocycles. The van der Waals surface area contributed by atoms with Crippen molar-refractivity contribution in [3.05, 3.63) is 78.9 Å². The zero-order valence-electron chi connectivity index (χ0n) is 19.9. The summed E-state index contributed by atoms with van der Waals surface area (Å²) in [7, 11) is 2.25. The normalized spacial score (nSPS) is 11.6. The molecule has 0 fully saturated rings. The summed E-state index contributed by atoms with van der Waals surface area (Å²) in [6.07, 6.45) is -1.90. The molecule has 192 valence electrons. The molecule has 0 aliphatic rings. The molecule has 3 N–H and O–H groups in total. The molecule has 0 aromatic heterocycles. The minimum atomic E-state index is -1.55. The molecule has 0 bridgehead atoms. The number of aliphatic imine (C=N–C) groups is 1. The van der Waals surface area contributed by atoms with Crippen molar-refractivity contribution in [2.24, 2.45) is 4.99 Å². The molecule has 0 heterocycles. The van der Waals surface area contributed by atoms with Gasteiger partial charge in [0.2, 0.25) is 5.96 Å². The van der Waals surface area contributed by atoms with E-state index in [2.05, 4.69) is 30.4 Å². The van der Waals surface area contributed by atoms with Gasteiger partial charge in [-0.3, -0.25) is 10.1 Å². The highest BCUT2D eigenvalue weighted by atomic mass is 32.2. The molecule has 0 saturated heterocycles. The van der Waals surface area contributed by atoms with E-state index in [1.54, 1.807) is 54.6 Å². The zero-order chi connectivity index (χ0) is 26.6. The Hall–Kier alpha value is -4.55. The Bertz CT molecular complexity index is 1260. The number of guanidine groups is 1. The number of para-hydroxylation sites is 1. The molecule has 3 amide bonds. The third-order valence-corrected chi connectivity index (χ3v) is 5.97. The first kappa shape index (κ1) is 27.0. The summed E-state index contributed by atoms with van der Waals surface area (Å²) in [6.45, 7) is -0.307. The fourth-order valence-corrected chi connectivity index (χ4v) is 3.98. The summed E-state index contributed by atoms with van der Waals surface area (Å²) in [5.41, 5.74) is 0.411. The summed E-state index contributed by atoms with van der Waals surface area (Å²) in [4.78, 5) is 40.7. The number of nitrogens with one attached hydrogen (secondary N) is 3. The van der Waals surface area contributed by atoms with Crippen LogP contribution in [0.15, 0.2) is 93.6 Å². The van der Waals surface area contributed by atoms with Gasteiger partial charge in [0.15, 0.2) is 16.4 Å². The van der Waals surface area contributed by atoms with Gasteiger partial charge in [0.1, 0.15) is 5.75 Å². The fraction of sp³-hybridized carbons (Fsp3) is 0.120. The standard InChI is InChI=1S/C25H24N4O7S/c1-34-24(31)28-23(29-25(32)35-2)27-20-14-13-19(37(33)18-11-7-4-8-12-18)15-21(20)26-22(30)16-36-17-9-5-3-6-10-17/h3-15H,16H2,1-2H3,(H,26,30)(H2,27,28,29,31,32). The second-order valence-corrected chi connectivity index (χ2v) is 8.59. The highest BCUT2D eigenvalue weighted by Gasteiger charge is 2.19. The molecule has 3 aromatic rings. The van der Waals surface area contributed by atoms with E-state index in [1.165, 1.54) is 12.1 Å². The molecule has 11 nitrogen and oxygen atoms in total. The second kappa shape index (κ2) is 13.5. The summed E-state index contributed by atoms with van der Waals surface area (Å²) < 4.78 is 27.7. The van der Waals surface area contributed by atoms with Crippen molar-refractivity contribution < 1.29 is 33.1 Å². The first-order chi connectivity index (χ1) is 17.9. The number of alkyl carbamates (subject to hydrolysis) is 1. The van der Waals surface area contributed by atoms with Gasteiger partial charge in [-0.2, -0.15) is 0 Å². The van der Waals surface area contributed by atoms with E-state index in [0.29, 0.717) is 15.5 Å². The van der Waals surface area contributed by atoms with Gasteiger partial charge in [-0.25, -0.2) is 9.59 Å². The number of rotatable bonds is 7. The lowest BCUT2D eigenvalue weighted by Crippen LogP contribution is -2.37. The molecule has 1 atom stereocenters. The van der Waals surface area contributed by atoms with Gasteiger partial charge >= 0.3 is 12.2 Å². The highest BCUT2D eigenvalue weighted by Crippen LogP contribution is 2.29. The molecular formula is C25H24N4O7S. The van der Waals surface area contributed by atoms with Crippen molar-refractivity contribution in [3.8, 4) is 5.75 Å². The lowest BCUT2D eigenvalue weighted by molar-refractivity contribution is -0.118. The average Bonchev–Trinajstić information content (AvgIpc) is 2.93. The third-order valence-electron chi connectivity index (χ3n) is 4.59. The number of carbonyl (C=O) groups excluding carboxylic acids is 3. The first-order valence-electron chi connectivity index (χ1n) is 10.8. The summed E-state index contributed by atoms with van der Waals surface area (Å²) >= 11 is -1.55. The van der Waals surface area contributed by atoms with Gasteiger partial charge in [0.25, 0.3) is 5.91 Å². The molecule has 0 spiro atoms. The number of hydrogen-bond acceptors (Lipinski definition) is 7. The van der Waals surface area contributed by atoms with Crippen molar-refractivity contribution in [2.75, 3.05) is 31.5 Å². The number of anilines is 2. The molecule has 3 aromatic carbocycles.